The van der Waals surface area contributed by atoms with Gasteiger partial charge in [-0.3, -0.25) is 0 Å². The number of piperazine rings is 2. The number of esters is 2. The summed E-state index contributed by atoms with van der Waals surface area (Å²) in [6.07, 6.45) is 0. The fourth-order valence-electron chi connectivity index (χ4n) is 3.74. The Labute approximate surface area is 199 Å². The van der Waals surface area contributed by atoms with Crippen molar-refractivity contribution < 1.29 is 19.1 Å². The molecule has 0 radical (unpaired) electrons. The zero-order valence-corrected chi connectivity index (χ0v) is 20.9. The molecule has 3 rings (SSSR count). The van der Waals surface area contributed by atoms with E-state index in [0.717, 1.165) is 0 Å². The lowest BCUT2D eigenvalue weighted by Gasteiger charge is -2.39. The van der Waals surface area contributed by atoms with Crippen molar-refractivity contribution in [2.24, 2.45) is 0 Å². The SMILES string of the molecule is CC(C)(C)OC(=O)C1CNCCN1c1nnnc(N2CCNCC2C(=O)OC(C)(C)C)c1Cl. The van der Waals surface area contributed by atoms with Crippen molar-refractivity contribution in [3.05, 3.63) is 5.02 Å². The van der Waals surface area contributed by atoms with E-state index in [1.807, 2.05) is 41.5 Å². The number of nitrogens with zero attached hydrogens (tertiary/aromatic N) is 5. The molecule has 2 fully saturated rings. The quantitative estimate of drug-likeness (QED) is 0.590. The Kier molecular flexibility index (Phi) is 7.65. The van der Waals surface area contributed by atoms with Gasteiger partial charge in [0.2, 0.25) is 0 Å². The molecule has 2 N–H and O–H groups in total. The van der Waals surface area contributed by atoms with Crippen molar-refractivity contribution in [3.63, 3.8) is 0 Å². The first-order valence-corrected chi connectivity index (χ1v) is 11.5. The molecule has 33 heavy (non-hydrogen) atoms. The second-order valence-electron chi connectivity index (χ2n) is 10.1. The monoisotopic (exact) mass is 483 g/mol. The topological polar surface area (TPSA) is 122 Å². The highest BCUT2D eigenvalue weighted by Gasteiger charge is 2.38. The van der Waals surface area contributed by atoms with E-state index in [1.54, 1.807) is 9.80 Å². The minimum absolute atomic E-state index is 0.232. The summed E-state index contributed by atoms with van der Waals surface area (Å²) >= 11 is 6.79. The van der Waals surface area contributed by atoms with Gasteiger partial charge in [-0.05, 0) is 46.8 Å². The molecule has 0 amide bonds. The van der Waals surface area contributed by atoms with Gasteiger partial charge in [0.1, 0.15) is 28.3 Å². The van der Waals surface area contributed by atoms with E-state index in [9.17, 15) is 9.59 Å². The van der Waals surface area contributed by atoms with Gasteiger partial charge >= 0.3 is 11.9 Å². The second kappa shape index (κ2) is 9.94. The van der Waals surface area contributed by atoms with Crippen LogP contribution in [-0.4, -0.2) is 89.9 Å². The Balaban J connectivity index is 1.91. The summed E-state index contributed by atoms with van der Waals surface area (Å²) in [5.74, 6) is -0.0829. The van der Waals surface area contributed by atoms with E-state index in [4.69, 9.17) is 21.1 Å². The normalized spacial score (nSPS) is 22.2. The van der Waals surface area contributed by atoms with Crippen molar-refractivity contribution in [2.75, 3.05) is 49.1 Å². The second-order valence-corrected chi connectivity index (χ2v) is 10.5. The molecule has 0 bridgehead atoms. The van der Waals surface area contributed by atoms with E-state index < -0.39 is 23.3 Å². The number of hydrogen-bond donors (Lipinski definition) is 2. The summed E-state index contributed by atoms with van der Waals surface area (Å²) < 4.78 is 11.2. The van der Waals surface area contributed by atoms with Crippen LogP contribution in [0.1, 0.15) is 41.5 Å². The van der Waals surface area contributed by atoms with Gasteiger partial charge in [-0.25, -0.2) is 9.59 Å². The molecule has 2 atom stereocenters. The summed E-state index contributed by atoms with van der Waals surface area (Å²) in [6, 6.07) is -1.24. The maximum Gasteiger partial charge on any atom is 0.330 e. The van der Waals surface area contributed by atoms with Crippen LogP contribution in [0.2, 0.25) is 5.02 Å². The van der Waals surface area contributed by atoms with Gasteiger partial charge in [-0.1, -0.05) is 11.6 Å². The van der Waals surface area contributed by atoms with Crippen LogP contribution < -0.4 is 20.4 Å². The van der Waals surface area contributed by atoms with Crippen molar-refractivity contribution >= 4 is 35.2 Å². The molecule has 12 heteroatoms. The van der Waals surface area contributed by atoms with Crippen LogP contribution in [0.15, 0.2) is 0 Å². The average Bonchev–Trinajstić information content (AvgIpc) is 2.71. The predicted molar refractivity (Wildman–Crippen MR) is 125 cm³/mol. The Morgan fingerprint density at radius 1 is 0.848 bits per heavy atom. The summed E-state index contributed by atoms with van der Waals surface area (Å²) in [5.41, 5.74) is -1.25. The van der Waals surface area contributed by atoms with Crippen molar-refractivity contribution in [1.82, 2.24) is 26.0 Å². The number of nitrogens with one attached hydrogen (secondary N) is 2. The summed E-state index contributed by atoms with van der Waals surface area (Å²) in [7, 11) is 0. The average molecular weight is 484 g/mol. The molecule has 3 heterocycles. The van der Waals surface area contributed by atoms with Gasteiger partial charge in [-0.2, -0.15) is 0 Å². The molecule has 2 unspecified atom stereocenters. The maximum atomic E-state index is 12.9. The van der Waals surface area contributed by atoms with Crippen LogP contribution in [0, 0.1) is 0 Å². The molecule has 0 aromatic carbocycles. The third kappa shape index (κ3) is 6.42. The lowest BCUT2D eigenvalue weighted by Crippen LogP contribution is -2.58. The van der Waals surface area contributed by atoms with Crippen molar-refractivity contribution in [3.8, 4) is 0 Å². The van der Waals surface area contributed by atoms with Gasteiger partial charge in [0.25, 0.3) is 0 Å². The molecule has 2 aliphatic rings. The predicted octanol–water partition coefficient (Wildman–Crippen LogP) is 0.765. The number of anilines is 2. The van der Waals surface area contributed by atoms with E-state index in [-0.39, 0.29) is 17.0 Å². The van der Waals surface area contributed by atoms with Gasteiger partial charge in [0, 0.05) is 39.3 Å². The summed E-state index contributed by atoms with van der Waals surface area (Å²) in [4.78, 5) is 29.3. The Morgan fingerprint density at radius 2 is 1.24 bits per heavy atom. The van der Waals surface area contributed by atoms with Crippen LogP contribution in [0.25, 0.3) is 0 Å². The number of carbonyl (C=O) groups is 2. The van der Waals surface area contributed by atoms with Crippen molar-refractivity contribution in [1.29, 1.82) is 0 Å². The minimum atomic E-state index is -0.624. The zero-order chi connectivity index (χ0) is 24.4. The number of aromatic nitrogens is 3. The zero-order valence-electron chi connectivity index (χ0n) is 20.1. The molecule has 1 aromatic heterocycles. The standard InChI is InChI=1S/C21H34ClN7O4/c1-20(2,3)32-18(30)13-11-23-7-9-28(13)16-15(22)17(26-27-25-16)29-10-8-24-12-14(29)19(31)33-21(4,5)6/h13-14,23-24H,7-12H2,1-6H3. The Morgan fingerprint density at radius 3 is 1.61 bits per heavy atom. The molecule has 0 saturated carbocycles. The lowest BCUT2D eigenvalue weighted by atomic mass is 10.1. The molecular formula is C21H34ClN7O4. The fraction of sp³-hybridized carbons (Fsp3) is 0.762. The van der Waals surface area contributed by atoms with Gasteiger partial charge in [0.05, 0.1) is 0 Å². The molecule has 2 saturated heterocycles. The maximum absolute atomic E-state index is 12.9. The van der Waals surface area contributed by atoms with E-state index in [2.05, 4.69) is 26.0 Å². The van der Waals surface area contributed by atoms with Gasteiger partial charge in [-0.15, -0.1) is 10.2 Å². The largest absolute Gasteiger partial charge is 0.458 e. The smallest absolute Gasteiger partial charge is 0.330 e. The third-order valence-corrected chi connectivity index (χ3v) is 5.40. The molecule has 0 aliphatic carbocycles. The van der Waals surface area contributed by atoms with E-state index >= 15 is 0 Å². The first kappa shape index (κ1) is 25.4. The number of ether oxygens (including phenoxy) is 2. The van der Waals surface area contributed by atoms with Crippen LogP contribution in [-0.2, 0) is 19.1 Å². The van der Waals surface area contributed by atoms with Gasteiger partial charge < -0.3 is 29.9 Å². The van der Waals surface area contributed by atoms with Crippen LogP contribution in [0.4, 0.5) is 11.6 Å². The highest BCUT2D eigenvalue weighted by atomic mass is 35.5. The van der Waals surface area contributed by atoms with Crippen LogP contribution >= 0.6 is 11.6 Å². The first-order chi connectivity index (χ1) is 15.4. The Bertz CT molecular complexity index is 805. The van der Waals surface area contributed by atoms with E-state index in [1.165, 1.54) is 0 Å². The Hall–Kier alpha value is -2.24. The minimum Gasteiger partial charge on any atom is -0.458 e. The van der Waals surface area contributed by atoms with Crippen LogP contribution in [0.3, 0.4) is 0 Å². The first-order valence-electron chi connectivity index (χ1n) is 11.2. The highest BCUT2D eigenvalue weighted by Crippen LogP contribution is 2.34. The number of rotatable bonds is 4. The van der Waals surface area contributed by atoms with Gasteiger partial charge in [0.15, 0.2) is 11.6 Å². The van der Waals surface area contributed by atoms with Crippen LogP contribution in [0.5, 0.6) is 0 Å². The number of hydrogen-bond acceptors (Lipinski definition) is 11. The molecule has 0 spiro atoms. The third-order valence-electron chi connectivity index (χ3n) is 5.06. The van der Waals surface area contributed by atoms with Crippen molar-refractivity contribution in [2.45, 2.75) is 64.8 Å². The lowest BCUT2D eigenvalue weighted by molar-refractivity contribution is -0.157. The molecule has 184 valence electrons. The summed E-state index contributed by atoms with van der Waals surface area (Å²) in [6.45, 7) is 14.0. The number of halogens is 1. The summed E-state index contributed by atoms with van der Waals surface area (Å²) in [5, 5.41) is 18.9. The fourth-order valence-corrected chi connectivity index (χ4v) is 4.03. The molecule has 2 aliphatic heterocycles. The number of carbonyl (C=O) groups excluding carboxylic acids is 2. The molecule has 1 aromatic rings. The highest BCUT2D eigenvalue weighted by molar-refractivity contribution is 6.35. The van der Waals surface area contributed by atoms with E-state index in [0.29, 0.717) is 50.9 Å². The molecule has 11 nitrogen and oxygen atoms in total. The molecular weight excluding hydrogens is 450 g/mol.